The third-order valence-corrected chi connectivity index (χ3v) is 1.33. The number of aliphatic hydroxyl groups is 1. The Hall–Kier alpha value is -0.0400. The quantitative estimate of drug-likeness (QED) is 0.545. The van der Waals surface area contributed by atoms with Gasteiger partial charge in [0, 0.05) is 0 Å². The molecule has 0 aromatic rings. The fourth-order valence-electron chi connectivity index (χ4n) is 0.766. The summed E-state index contributed by atoms with van der Waals surface area (Å²) in [4.78, 5) is 0. The van der Waals surface area contributed by atoms with E-state index in [1.807, 2.05) is 0 Å². The maximum Gasteiger partial charge on any atom is 0.0799 e. The third-order valence-electron chi connectivity index (χ3n) is 1.33. The minimum atomic E-state index is 0.844. The van der Waals surface area contributed by atoms with Gasteiger partial charge in [0.25, 0.3) is 0 Å². The molecule has 0 aromatic carbocycles. The molecule has 1 nitrogen and oxygen atoms in total. The summed E-state index contributed by atoms with van der Waals surface area (Å²) >= 11 is 0. The molecule has 0 aliphatic heterocycles. The molecule has 0 atom stereocenters. The third kappa shape index (κ3) is 7.96. The average Bonchev–Trinajstić information content (AvgIpc) is 1.89. The predicted octanol–water partition coefficient (Wildman–Crippen LogP) is 2.70. The first-order chi connectivity index (χ1) is 4.41. The maximum atomic E-state index is 8.29. The van der Waals surface area contributed by atoms with Crippen LogP contribution < -0.4 is 0 Å². The molecule has 1 N–H and O–H groups in total. The zero-order chi connectivity index (χ0) is 6.95. The van der Waals surface area contributed by atoms with E-state index in [1.54, 1.807) is 0 Å². The second kappa shape index (κ2) is 7.96. The van der Waals surface area contributed by atoms with Crippen LogP contribution in [-0.4, -0.2) is 5.11 Å². The largest absolute Gasteiger partial charge is 0.390 e. The first-order valence-electron chi connectivity index (χ1n) is 3.67. The summed E-state index contributed by atoms with van der Waals surface area (Å²) in [5, 5.41) is 8.29. The second-order valence-corrected chi connectivity index (χ2v) is 2.24. The van der Waals surface area contributed by atoms with E-state index in [0.717, 1.165) is 19.3 Å². The van der Waals surface area contributed by atoms with Crippen molar-refractivity contribution >= 4 is 0 Å². The van der Waals surface area contributed by atoms with Crippen LogP contribution in [0.25, 0.3) is 0 Å². The number of aliphatic hydroxyl groups excluding tert-OH is 1. The first kappa shape index (κ1) is 8.96. The van der Waals surface area contributed by atoms with Crippen molar-refractivity contribution in [2.75, 3.05) is 0 Å². The zero-order valence-electron chi connectivity index (χ0n) is 5.97. The Morgan fingerprint density at radius 1 is 1.11 bits per heavy atom. The Labute approximate surface area is 58.1 Å². The lowest BCUT2D eigenvalue weighted by molar-refractivity contribution is 0.367. The van der Waals surface area contributed by atoms with Crippen molar-refractivity contribution < 1.29 is 5.11 Å². The second-order valence-electron chi connectivity index (χ2n) is 2.24. The Kier molecular flexibility index (Phi) is 7.92. The maximum absolute atomic E-state index is 8.29. The van der Waals surface area contributed by atoms with Crippen molar-refractivity contribution in [1.82, 2.24) is 0 Å². The van der Waals surface area contributed by atoms with E-state index in [1.165, 1.54) is 25.9 Å². The molecule has 1 heteroatoms. The fourth-order valence-corrected chi connectivity index (χ4v) is 0.766. The van der Waals surface area contributed by atoms with Crippen molar-refractivity contribution in [2.45, 2.75) is 38.5 Å². The van der Waals surface area contributed by atoms with E-state index >= 15 is 0 Å². The van der Waals surface area contributed by atoms with Gasteiger partial charge in [0.2, 0.25) is 0 Å². The number of hydrogen-bond donors (Lipinski definition) is 1. The van der Waals surface area contributed by atoms with Gasteiger partial charge < -0.3 is 5.11 Å². The summed E-state index contributed by atoms with van der Waals surface area (Å²) in [6.07, 6.45) is 6.73. The van der Waals surface area contributed by atoms with Gasteiger partial charge in [0.05, 0.1) is 6.61 Å². The predicted molar refractivity (Wildman–Crippen MR) is 39.3 cm³/mol. The molecule has 0 rings (SSSR count). The van der Waals surface area contributed by atoms with Crippen LogP contribution in [0.3, 0.4) is 0 Å². The van der Waals surface area contributed by atoms with E-state index in [2.05, 4.69) is 6.92 Å². The Morgan fingerprint density at radius 3 is 2.33 bits per heavy atom. The highest BCUT2D eigenvalue weighted by atomic mass is 16.2. The van der Waals surface area contributed by atoms with Crippen LogP contribution in [0.5, 0.6) is 0 Å². The Balaban J connectivity index is 2.60. The van der Waals surface area contributed by atoms with Gasteiger partial charge in [-0.3, -0.25) is 0 Å². The molecule has 0 unspecified atom stereocenters. The lowest BCUT2D eigenvalue weighted by atomic mass is 10.1. The van der Waals surface area contributed by atoms with Gasteiger partial charge in [-0.25, -0.2) is 0 Å². The highest BCUT2D eigenvalue weighted by molar-refractivity contribution is 4.49. The van der Waals surface area contributed by atoms with E-state index in [0.29, 0.717) is 0 Å². The molecule has 0 aromatic heterocycles. The number of rotatable bonds is 6. The molecule has 9 heavy (non-hydrogen) atoms. The topological polar surface area (TPSA) is 20.2 Å². The highest BCUT2D eigenvalue weighted by Crippen LogP contribution is 2.04. The van der Waals surface area contributed by atoms with Crippen LogP contribution >= 0.6 is 0 Å². The van der Waals surface area contributed by atoms with Crippen molar-refractivity contribution in [2.24, 2.45) is 0 Å². The van der Waals surface area contributed by atoms with Crippen LogP contribution in [0.2, 0.25) is 0 Å². The minimum absolute atomic E-state index is 0.844. The van der Waals surface area contributed by atoms with Gasteiger partial charge in [0.15, 0.2) is 0 Å². The van der Waals surface area contributed by atoms with Crippen LogP contribution in [0.4, 0.5) is 0 Å². The Bertz CT molecular complexity index is 37.8. The van der Waals surface area contributed by atoms with E-state index in [4.69, 9.17) is 5.11 Å². The van der Waals surface area contributed by atoms with Crippen LogP contribution in [0.1, 0.15) is 38.5 Å². The van der Waals surface area contributed by atoms with Crippen molar-refractivity contribution in [3.63, 3.8) is 0 Å². The summed E-state index contributed by atoms with van der Waals surface area (Å²) in [5.74, 6) is 0. The molecule has 0 spiro atoms. The molecule has 0 aliphatic carbocycles. The van der Waals surface area contributed by atoms with Crippen molar-refractivity contribution in [3.8, 4) is 0 Å². The first-order valence-corrected chi connectivity index (χ1v) is 3.67. The smallest absolute Gasteiger partial charge is 0.0799 e. The minimum Gasteiger partial charge on any atom is -0.390 e. The Morgan fingerprint density at radius 2 is 1.78 bits per heavy atom. The summed E-state index contributed by atoms with van der Waals surface area (Å²) in [7, 11) is 0. The van der Waals surface area contributed by atoms with Gasteiger partial charge in [0.1, 0.15) is 0 Å². The molecular formula is C8H16O. The van der Waals surface area contributed by atoms with Crippen molar-refractivity contribution in [1.29, 1.82) is 0 Å². The van der Waals surface area contributed by atoms with Crippen LogP contribution in [-0.2, 0) is 0 Å². The molecule has 0 saturated carbocycles. The monoisotopic (exact) mass is 128 g/mol. The van der Waals surface area contributed by atoms with Crippen LogP contribution in [0, 0.1) is 13.5 Å². The molecule has 0 fully saturated rings. The number of hydrogen-bond acceptors (Lipinski definition) is 1. The van der Waals surface area contributed by atoms with E-state index in [-0.39, 0.29) is 0 Å². The molecule has 0 heterocycles. The normalized spacial score (nSPS) is 10.0. The van der Waals surface area contributed by atoms with Gasteiger partial charge in [-0.15, -0.1) is 0 Å². The molecular weight excluding hydrogens is 112 g/mol. The molecule has 2 radical (unpaired) electrons. The fraction of sp³-hybridized carbons (Fsp3) is 0.750. The van der Waals surface area contributed by atoms with Gasteiger partial charge in [-0.2, -0.15) is 0 Å². The average molecular weight is 128 g/mol. The summed E-state index contributed by atoms with van der Waals surface area (Å²) < 4.78 is 0. The summed E-state index contributed by atoms with van der Waals surface area (Å²) in [6.45, 7) is 4.99. The van der Waals surface area contributed by atoms with Gasteiger partial charge in [-0.1, -0.05) is 39.0 Å². The summed E-state index contributed by atoms with van der Waals surface area (Å²) in [5.41, 5.74) is 0. The molecule has 54 valence electrons. The van der Waals surface area contributed by atoms with Gasteiger partial charge >= 0.3 is 0 Å². The van der Waals surface area contributed by atoms with Gasteiger partial charge in [-0.05, 0) is 6.42 Å². The van der Waals surface area contributed by atoms with Crippen molar-refractivity contribution in [3.05, 3.63) is 13.5 Å². The molecule has 0 saturated heterocycles. The zero-order valence-corrected chi connectivity index (χ0v) is 5.97. The number of unbranched alkanes of at least 4 members (excludes halogenated alkanes) is 5. The summed E-state index contributed by atoms with van der Waals surface area (Å²) in [6, 6.07) is 0. The van der Waals surface area contributed by atoms with Crippen LogP contribution in [0.15, 0.2) is 0 Å². The standard InChI is InChI=1S/C8H16O/c1-2-3-4-5-6-7-8-9/h8-9H,1-7H2. The molecule has 0 bridgehead atoms. The highest BCUT2D eigenvalue weighted by Gasteiger charge is 1.86. The molecule has 0 amide bonds. The lowest BCUT2D eigenvalue weighted by Gasteiger charge is -1.95. The van der Waals surface area contributed by atoms with E-state index in [9.17, 15) is 0 Å². The lowest BCUT2D eigenvalue weighted by Crippen LogP contribution is -1.78. The molecule has 0 aliphatic rings. The SMILES string of the molecule is [CH2]CCCCCC[CH]O. The van der Waals surface area contributed by atoms with E-state index < -0.39 is 0 Å².